The normalized spacial score (nSPS) is 17.5. The molecule has 1 N–H and O–H groups in total. The Morgan fingerprint density at radius 3 is 2.73 bits per heavy atom. The second-order valence-corrected chi connectivity index (χ2v) is 11.0. The minimum Gasteiger partial charge on any atom is -0.493 e. The number of fused-ring (bicyclic) bond motifs is 3. The van der Waals surface area contributed by atoms with Crippen molar-refractivity contribution < 1.29 is 18.3 Å². The number of benzene rings is 1. The van der Waals surface area contributed by atoms with Crippen LogP contribution >= 0.6 is 0 Å². The molecule has 5 rings (SSSR count). The van der Waals surface area contributed by atoms with Gasteiger partial charge in [-0.15, -0.1) is 0 Å². The van der Waals surface area contributed by atoms with Gasteiger partial charge in [-0.25, -0.2) is 23.1 Å². The van der Waals surface area contributed by atoms with Crippen LogP contribution in [0.1, 0.15) is 27.2 Å². The zero-order chi connectivity index (χ0) is 31.5. The van der Waals surface area contributed by atoms with Gasteiger partial charge in [-0.1, -0.05) is 26.5 Å². The molecule has 2 aliphatic heterocycles. The van der Waals surface area contributed by atoms with E-state index in [2.05, 4.69) is 33.6 Å². The monoisotopic (exact) mass is 603 g/mol. The predicted molar refractivity (Wildman–Crippen MR) is 168 cm³/mol. The van der Waals surface area contributed by atoms with Gasteiger partial charge < -0.3 is 19.9 Å². The average molecular weight is 604 g/mol. The molecule has 4 heterocycles. The van der Waals surface area contributed by atoms with Gasteiger partial charge in [-0.05, 0) is 56.3 Å². The highest BCUT2D eigenvalue weighted by molar-refractivity contribution is 5.92. The number of nitrogens with zero attached hydrogens (tertiary/aromatic N) is 6. The molecule has 12 heteroatoms. The lowest BCUT2D eigenvalue weighted by Gasteiger charge is -2.40. The standard InChI is InChI=1S/C32H35F2N7O3/c1-6-26(42)39-14-15-40(20(4)18-39)30-21-17-23(34)28-27-22(33)9-7-10-25(27)44-16-8-12-36-24(11-13-35-5)29(19(2)3)41(31(21)37-28)32(43)38-30/h6-7,9-11,13,17,19-20,36H,1,5,8,12,14-16,18H2,2-4H3/b13-11-,29-24?/t20-/m0/s1. The number of hydrogen-bond acceptors (Lipinski definition) is 8. The first-order valence-electron chi connectivity index (χ1n) is 14.5. The van der Waals surface area contributed by atoms with Crippen molar-refractivity contribution in [2.75, 3.05) is 37.7 Å². The van der Waals surface area contributed by atoms with Crippen molar-refractivity contribution in [3.05, 3.63) is 77.0 Å². The number of aliphatic imine (C=N–C) groups is 1. The SMILES string of the molecule is C=CC(=O)N1CCN(c2nc(=O)n3c4nc(c(F)cc24)-c2c(F)cccc2OCCCNC(/C=C\N=C)=C3C(C)C)[C@@H](C)C1. The van der Waals surface area contributed by atoms with Crippen LogP contribution in [0.2, 0.25) is 0 Å². The summed E-state index contributed by atoms with van der Waals surface area (Å²) >= 11 is 0. The summed E-state index contributed by atoms with van der Waals surface area (Å²) < 4.78 is 38.8. The molecule has 2 aliphatic rings. The largest absolute Gasteiger partial charge is 0.493 e. The van der Waals surface area contributed by atoms with Crippen molar-refractivity contribution in [3.8, 4) is 17.0 Å². The van der Waals surface area contributed by atoms with Crippen LogP contribution in [0.25, 0.3) is 28.0 Å². The summed E-state index contributed by atoms with van der Waals surface area (Å²) in [6, 6.07) is 5.25. The summed E-state index contributed by atoms with van der Waals surface area (Å²) in [5.74, 6) is -1.57. The number of ether oxygens (including phenoxy) is 1. The highest BCUT2D eigenvalue weighted by atomic mass is 19.1. The zero-order valence-electron chi connectivity index (χ0n) is 25.0. The summed E-state index contributed by atoms with van der Waals surface area (Å²) in [6.45, 7) is 14.5. The molecule has 1 amide bonds. The summed E-state index contributed by atoms with van der Waals surface area (Å²) in [6.07, 6.45) is 4.99. The molecule has 0 radical (unpaired) electrons. The Morgan fingerprint density at radius 2 is 2.02 bits per heavy atom. The van der Waals surface area contributed by atoms with E-state index in [1.54, 1.807) is 17.0 Å². The topological polar surface area (TPSA) is 105 Å². The Morgan fingerprint density at radius 1 is 1.23 bits per heavy atom. The van der Waals surface area contributed by atoms with Gasteiger partial charge in [0.1, 0.15) is 23.1 Å². The summed E-state index contributed by atoms with van der Waals surface area (Å²) in [5.41, 5.74) is 0.137. The van der Waals surface area contributed by atoms with Crippen LogP contribution in [-0.2, 0) is 4.79 Å². The van der Waals surface area contributed by atoms with Crippen LogP contribution in [-0.4, -0.2) is 70.9 Å². The van der Waals surface area contributed by atoms with E-state index in [9.17, 15) is 9.59 Å². The van der Waals surface area contributed by atoms with E-state index in [1.165, 1.54) is 35.0 Å². The first-order chi connectivity index (χ1) is 21.2. The number of allylic oxidation sites excluding steroid dienone is 2. The van der Waals surface area contributed by atoms with Crippen molar-refractivity contribution in [1.82, 2.24) is 24.8 Å². The predicted octanol–water partition coefficient (Wildman–Crippen LogP) is 4.37. The zero-order valence-corrected chi connectivity index (χ0v) is 25.0. The van der Waals surface area contributed by atoms with E-state index in [0.29, 0.717) is 44.0 Å². The number of aromatic nitrogens is 3. The number of carbonyl (C=O) groups is 1. The Hall–Kier alpha value is -4.87. The maximum absolute atomic E-state index is 16.1. The van der Waals surface area contributed by atoms with Gasteiger partial charge in [-0.2, -0.15) is 4.98 Å². The molecule has 2 bridgehead atoms. The summed E-state index contributed by atoms with van der Waals surface area (Å²) in [7, 11) is 0. The van der Waals surface area contributed by atoms with Gasteiger partial charge in [-0.3, -0.25) is 9.79 Å². The van der Waals surface area contributed by atoms with E-state index in [4.69, 9.17) is 4.74 Å². The number of carbonyl (C=O) groups excluding carboxylic acids is 1. The van der Waals surface area contributed by atoms with Crippen molar-refractivity contribution in [2.45, 2.75) is 33.2 Å². The van der Waals surface area contributed by atoms with Gasteiger partial charge in [0.25, 0.3) is 0 Å². The van der Waals surface area contributed by atoms with Gasteiger partial charge in [0.15, 0.2) is 11.5 Å². The molecule has 1 atom stereocenters. The minimum atomic E-state index is -0.798. The fourth-order valence-corrected chi connectivity index (χ4v) is 5.70. The third-order valence-corrected chi connectivity index (χ3v) is 7.70. The number of amides is 1. The van der Waals surface area contributed by atoms with Crippen molar-refractivity contribution in [3.63, 3.8) is 0 Å². The van der Waals surface area contributed by atoms with Crippen LogP contribution in [0.3, 0.4) is 0 Å². The van der Waals surface area contributed by atoms with Crippen molar-refractivity contribution in [1.29, 1.82) is 0 Å². The third kappa shape index (κ3) is 5.71. The van der Waals surface area contributed by atoms with E-state index in [1.807, 2.05) is 25.7 Å². The molecule has 1 aromatic carbocycles. The van der Waals surface area contributed by atoms with Crippen LogP contribution in [0.15, 0.2) is 64.7 Å². The van der Waals surface area contributed by atoms with E-state index >= 15 is 8.78 Å². The number of piperazine rings is 1. The van der Waals surface area contributed by atoms with Crippen LogP contribution in [0.4, 0.5) is 14.6 Å². The van der Waals surface area contributed by atoms with Gasteiger partial charge in [0.2, 0.25) is 5.91 Å². The first-order valence-corrected chi connectivity index (χ1v) is 14.5. The molecular formula is C32H35F2N7O3. The van der Waals surface area contributed by atoms with Gasteiger partial charge in [0.05, 0.1) is 29.0 Å². The molecule has 1 fully saturated rings. The van der Waals surface area contributed by atoms with Crippen molar-refractivity contribution >= 4 is 35.2 Å². The average Bonchev–Trinajstić information content (AvgIpc) is 3.00. The minimum absolute atomic E-state index is 0.101. The highest BCUT2D eigenvalue weighted by Crippen LogP contribution is 2.37. The Balaban J connectivity index is 1.86. The van der Waals surface area contributed by atoms with Crippen LogP contribution in [0.5, 0.6) is 5.75 Å². The van der Waals surface area contributed by atoms with E-state index in [0.717, 1.165) is 0 Å². The third-order valence-electron chi connectivity index (χ3n) is 7.70. The number of halogens is 2. The maximum atomic E-state index is 16.1. The quantitative estimate of drug-likeness (QED) is 0.341. The first kappa shape index (κ1) is 30.6. The number of hydrogen-bond donors (Lipinski definition) is 1. The van der Waals surface area contributed by atoms with E-state index < -0.39 is 17.3 Å². The highest BCUT2D eigenvalue weighted by Gasteiger charge is 2.31. The number of pyridine rings is 1. The van der Waals surface area contributed by atoms with Crippen LogP contribution in [0, 0.1) is 17.6 Å². The molecule has 1 saturated heterocycles. The van der Waals surface area contributed by atoms with Gasteiger partial charge >= 0.3 is 5.69 Å². The number of rotatable bonds is 5. The molecule has 0 spiro atoms. The molecule has 3 aromatic rings. The Bertz CT molecular complexity index is 1750. The summed E-state index contributed by atoms with van der Waals surface area (Å²) in [4.78, 5) is 42.9. The van der Waals surface area contributed by atoms with Crippen LogP contribution < -0.4 is 20.6 Å². The lowest BCUT2D eigenvalue weighted by molar-refractivity contribution is -0.126. The molecule has 0 saturated carbocycles. The Labute approximate surface area is 254 Å². The molecule has 44 heavy (non-hydrogen) atoms. The molecule has 0 aliphatic carbocycles. The second-order valence-electron chi connectivity index (χ2n) is 11.0. The van der Waals surface area contributed by atoms with Crippen molar-refractivity contribution in [2.24, 2.45) is 10.9 Å². The molecular weight excluding hydrogens is 568 g/mol. The lowest BCUT2D eigenvalue weighted by Crippen LogP contribution is -2.54. The molecule has 2 aromatic heterocycles. The molecule has 10 nitrogen and oxygen atoms in total. The fourth-order valence-electron chi connectivity index (χ4n) is 5.70. The number of anilines is 1. The molecule has 230 valence electrons. The van der Waals surface area contributed by atoms with E-state index in [-0.39, 0.29) is 58.3 Å². The Kier molecular flexibility index (Phi) is 8.88. The fraction of sp³-hybridized carbons (Fsp3) is 0.344. The maximum Gasteiger partial charge on any atom is 0.355 e. The lowest BCUT2D eigenvalue weighted by atomic mass is 10.1. The van der Waals surface area contributed by atoms with Gasteiger partial charge in [0, 0.05) is 38.4 Å². The smallest absolute Gasteiger partial charge is 0.355 e. The second kappa shape index (κ2) is 12.8. The summed E-state index contributed by atoms with van der Waals surface area (Å²) in [5, 5.41) is 3.62. The molecule has 0 unspecified atom stereocenters. The number of nitrogens with one attached hydrogen (secondary N) is 1.